The first-order chi connectivity index (χ1) is 35.7. The highest BCUT2D eigenvalue weighted by atomic mass is 16.5. The third-order valence-electron chi connectivity index (χ3n) is 13.7. The summed E-state index contributed by atoms with van der Waals surface area (Å²) in [5, 5.41) is 25.5. The average molecular weight is 963 g/mol. The van der Waals surface area contributed by atoms with E-state index >= 15 is 0 Å². The van der Waals surface area contributed by atoms with E-state index in [0.29, 0.717) is 23.7 Å². The van der Waals surface area contributed by atoms with Gasteiger partial charge in [0.2, 0.25) is 13.1 Å². The van der Waals surface area contributed by atoms with Crippen molar-refractivity contribution in [2.45, 2.75) is 58.5 Å². The van der Waals surface area contributed by atoms with Gasteiger partial charge in [0.1, 0.15) is 17.1 Å². The standard InChI is InChI=1S/C62H52N6O5/c1-2-3-4-5-6-7-32-73-50-34-46(61(71)63-48-16-10-30-67(36-48)38-55(69)65-53-28-24-44-20-18-40-12-8-14-42-22-26-51(53)59(44)57(40)42)33-47(35-50)62(72)64-49-17-11-31-68(37-49)39-56(70)66-54-29-25-45-21-19-41-13-9-15-43-23-27-52(54)60(45)58(41)43/h8-31,33-37H,2-7,32,38-39H2,1H3,(H2-2,63,64,65,66,69,70,71,72)/p+2. The summed E-state index contributed by atoms with van der Waals surface area (Å²) < 4.78 is 9.60. The van der Waals surface area contributed by atoms with Gasteiger partial charge in [-0.1, -0.05) is 136 Å². The molecule has 11 nitrogen and oxygen atoms in total. The minimum Gasteiger partial charge on any atom is -0.494 e. The van der Waals surface area contributed by atoms with Crippen LogP contribution in [0.1, 0.15) is 66.2 Å². The van der Waals surface area contributed by atoms with Gasteiger partial charge in [0.05, 0.1) is 6.61 Å². The Bertz CT molecular complexity index is 3620. The van der Waals surface area contributed by atoms with Gasteiger partial charge >= 0.3 is 0 Å². The first-order valence-corrected chi connectivity index (χ1v) is 25.1. The molecule has 0 fully saturated rings. The SMILES string of the molecule is CCCCCCCCOc1cc(C(=O)Nc2ccc[n+](CC(=O)Nc3ccc4ccc5cccc6ccc3c4c56)c2)cc(C(=O)Nc2ccc[n+](CC(=O)Nc3ccc4ccc5cccc6ccc3c4c56)c2)c1. The number of pyridine rings is 2. The summed E-state index contributed by atoms with van der Waals surface area (Å²) in [6.07, 6.45) is 13.4. The highest BCUT2D eigenvalue weighted by molar-refractivity contribution is 6.27. The summed E-state index contributed by atoms with van der Waals surface area (Å²) in [4.78, 5) is 55.2. The number of nitrogens with one attached hydrogen (secondary N) is 4. The third kappa shape index (κ3) is 9.90. The number of hydrogen-bond acceptors (Lipinski definition) is 5. The molecule has 4 N–H and O–H groups in total. The van der Waals surface area contributed by atoms with Crippen molar-refractivity contribution in [2.24, 2.45) is 0 Å². The van der Waals surface area contributed by atoms with Gasteiger partial charge in [0.25, 0.3) is 23.6 Å². The summed E-state index contributed by atoms with van der Waals surface area (Å²) in [5.41, 5.74) is 2.82. The zero-order valence-electron chi connectivity index (χ0n) is 40.5. The number of aromatic nitrogens is 2. The quantitative estimate of drug-likeness (QED) is 0.0386. The van der Waals surface area contributed by atoms with Crippen LogP contribution < -0.4 is 35.1 Å². The molecule has 0 aliphatic heterocycles. The molecule has 0 aliphatic rings. The van der Waals surface area contributed by atoms with Crippen molar-refractivity contribution in [3.05, 3.63) is 188 Å². The van der Waals surface area contributed by atoms with Crippen molar-refractivity contribution >= 4 is 111 Å². The van der Waals surface area contributed by atoms with Crippen LogP contribution in [0.5, 0.6) is 5.75 Å². The summed E-state index contributed by atoms with van der Waals surface area (Å²) in [6.45, 7) is 2.63. The monoisotopic (exact) mass is 962 g/mol. The molecule has 0 atom stereocenters. The summed E-state index contributed by atoms with van der Waals surface area (Å²) in [5.74, 6) is -0.959. The second-order valence-electron chi connectivity index (χ2n) is 18.8. The van der Waals surface area contributed by atoms with Gasteiger partial charge in [-0.25, -0.2) is 0 Å². The van der Waals surface area contributed by atoms with Crippen LogP contribution in [0, 0.1) is 0 Å². The Morgan fingerprint density at radius 1 is 0.438 bits per heavy atom. The fourth-order valence-electron chi connectivity index (χ4n) is 10.2. The van der Waals surface area contributed by atoms with E-state index in [9.17, 15) is 19.2 Å². The number of rotatable bonds is 18. The molecule has 0 saturated carbocycles. The number of amides is 4. The molecule has 0 spiro atoms. The molecule has 0 aliphatic carbocycles. The topological polar surface area (TPSA) is 133 Å². The van der Waals surface area contributed by atoms with Crippen LogP contribution in [0.25, 0.3) is 64.6 Å². The van der Waals surface area contributed by atoms with Crippen molar-refractivity contribution in [1.29, 1.82) is 0 Å². The molecule has 0 bridgehead atoms. The van der Waals surface area contributed by atoms with E-state index in [1.165, 1.54) is 36.1 Å². The van der Waals surface area contributed by atoms with E-state index in [2.05, 4.69) is 113 Å². The summed E-state index contributed by atoms with van der Waals surface area (Å²) in [7, 11) is 0. The van der Waals surface area contributed by atoms with Crippen LogP contribution >= 0.6 is 0 Å². The molecular weight excluding hydrogens is 909 g/mol. The molecular formula is C62H54N6O5+2. The van der Waals surface area contributed by atoms with Gasteiger partial charge in [-0.15, -0.1) is 0 Å². The molecule has 9 aromatic carbocycles. The Hall–Kier alpha value is -8.96. The summed E-state index contributed by atoms with van der Waals surface area (Å²) in [6, 6.07) is 49.1. The van der Waals surface area contributed by atoms with Crippen LogP contribution in [-0.2, 0) is 22.7 Å². The number of carbonyl (C=O) groups excluding carboxylic acids is 4. The zero-order chi connectivity index (χ0) is 49.8. The van der Waals surface area contributed by atoms with Crippen molar-refractivity contribution in [1.82, 2.24) is 0 Å². The number of benzene rings is 9. The van der Waals surface area contributed by atoms with E-state index in [-0.39, 0.29) is 36.0 Å². The number of nitrogens with zero attached hydrogens (tertiary/aromatic N) is 2. The second kappa shape index (κ2) is 20.4. The maximum atomic E-state index is 14.0. The molecule has 0 radical (unpaired) electrons. The van der Waals surface area contributed by atoms with Gasteiger partial charge in [-0.3, -0.25) is 19.2 Å². The van der Waals surface area contributed by atoms with Gasteiger partial charge in [0.15, 0.2) is 24.8 Å². The Balaban J connectivity index is 0.771. The van der Waals surface area contributed by atoms with E-state index in [0.717, 1.165) is 84.5 Å². The maximum absolute atomic E-state index is 14.0. The molecule has 360 valence electrons. The van der Waals surface area contributed by atoms with Crippen molar-refractivity contribution in [3.8, 4) is 5.75 Å². The zero-order valence-corrected chi connectivity index (χ0v) is 40.5. The summed E-state index contributed by atoms with van der Waals surface area (Å²) >= 11 is 0. The molecule has 73 heavy (non-hydrogen) atoms. The first-order valence-electron chi connectivity index (χ1n) is 25.1. The minimum atomic E-state index is -0.455. The highest BCUT2D eigenvalue weighted by Crippen LogP contribution is 2.39. The fourth-order valence-corrected chi connectivity index (χ4v) is 10.2. The number of hydrogen-bond donors (Lipinski definition) is 4. The molecule has 11 heteroatoms. The predicted molar refractivity (Wildman–Crippen MR) is 292 cm³/mol. The lowest BCUT2D eigenvalue weighted by Gasteiger charge is -2.14. The fraction of sp³-hybridized carbons (Fsp3) is 0.161. The smallest absolute Gasteiger partial charge is 0.290 e. The van der Waals surface area contributed by atoms with Crippen molar-refractivity contribution in [3.63, 3.8) is 0 Å². The Labute approximate surface area is 422 Å². The number of carbonyl (C=O) groups is 4. The molecule has 11 aromatic rings. The molecule has 2 aromatic heterocycles. The average Bonchev–Trinajstić information content (AvgIpc) is 3.40. The Morgan fingerprint density at radius 3 is 1.34 bits per heavy atom. The van der Waals surface area contributed by atoms with Gasteiger partial charge < -0.3 is 26.0 Å². The first kappa shape index (κ1) is 46.4. The lowest BCUT2D eigenvalue weighted by molar-refractivity contribution is -0.683. The van der Waals surface area contributed by atoms with Gasteiger partial charge in [-0.2, -0.15) is 9.13 Å². The second-order valence-corrected chi connectivity index (χ2v) is 18.8. The highest BCUT2D eigenvalue weighted by Gasteiger charge is 2.20. The maximum Gasteiger partial charge on any atom is 0.290 e. The van der Waals surface area contributed by atoms with Gasteiger partial charge in [0, 0.05) is 45.4 Å². The predicted octanol–water partition coefficient (Wildman–Crippen LogP) is 12.6. The molecule has 11 rings (SSSR count). The third-order valence-corrected chi connectivity index (χ3v) is 13.7. The van der Waals surface area contributed by atoms with E-state index in [1.54, 1.807) is 70.3 Å². The number of unbranched alkanes of at least 4 members (excludes halogenated alkanes) is 5. The van der Waals surface area contributed by atoms with E-state index in [4.69, 9.17) is 4.74 Å². The van der Waals surface area contributed by atoms with Crippen molar-refractivity contribution < 1.29 is 33.0 Å². The molecule has 2 heterocycles. The van der Waals surface area contributed by atoms with E-state index < -0.39 is 11.8 Å². The van der Waals surface area contributed by atoms with Crippen LogP contribution in [0.4, 0.5) is 22.7 Å². The number of ether oxygens (including phenoxy) is 1. The van der Waals surface area contributed by atoms with Gasteiger partial charge in [-0.05, 0) is 103 Å². The van der Waals surface area contributed by atoms with Crippen LogP contribution in [0.3, 0.4) is 0 Å². The van der Waals surface area contributed by atoms with E-state index in [1.807, 2.05) is 24.3 Å². The normalized spacial score (nSPS) is 11.5. The molecule has 4 amide bonds. The van der Waals surface area contributed by atoms with Crippen LogP contribution in [-0.4, -0.2) is 30.2 Å². The Kier molecular flexibility index (Phi) is 13.0. The Morgan fingerprint density at radius 2 is 0.863 bits per heavy atom. The van der Waals surface area contributed by atoms with Crippen molar-refractivity contribution in [2.75, 3.05) is 27.9 Å². The largest absolute Gasteiger partial charge is 0.494 e. The molecule has 0 unspecified atom stereocenters. The lowest BCUT2D eigenvalue weighted by Crippen LogP contribution is -2.40. The number of anilines is 4. The lowest BCUT2D eigenvalue weighted by atomic mass is 9.93. The molecule has 0 saturated heterocycles. The minimum absolute atomic E-state index is 0.00322. The van der Waals surface area contributed by atoms with Crippen LogP contribution in [0.15, 0.2) is 176 Å². The van der Waals surface area contributed by atoms with Crippen LogP contribution in [0.2, 0.25) is 0 Å².